The number of sulfonamides is 1. The topological polar surface area (TPSA) is 86.8 Å². The molecule has 3 aromatic carbocycles. The standard InChI is InChI=1S/C31H34Cl3N3O4S/c1-2-29(31(39)35-24-9-5-3-6-10-24)36(20-22-13-18-27(33)28(34)19-22)30(38)21-37(25-16-14-23(32)15-17-25)42(40,41)26-11-7-4-8-12-26/h4,7-8,11-19,24,29H,2-3,5-6,9-10,20-21H2,1H3,(H,35,39). The van der Waals surface area contributed by atoms with Crippen LogP contribution in [0.15, 0.2) is 77.7 Å². The first-order valence-electron chi connectivity index (χ1n) is 14.0. The van der Waals surface area contributed by atoms with Crippen molar-refractivity contribution in [2.24, 2.45) is 0 Å². The number of benzene rings is 3. The van der Waals surface area contributed by atoms with Crippen LogP contribution in [0.25, 0.3) is 0 Å². The Bertz CT molecular complexity index is 1480. The van der Waals surface area contributed by atoms with Crippen LogP contribution in [0.4, 0.5) is 5.69 Å². The molecule has 0 saturated heterocycles. The molecule has 7 nitrogen and oxygen atoms in total. The lowest BCUT2D eigenvalue weighted by Crippen LogP contribution is -2.54. The Morgan fingerprint density at radius 1 is 0.905 bits per heavy atom. The second-order valence-corrected chi connectivity index (χ2v) is 13.5. The van der Waals surface area contributed by atoms with E-state index >= 15 is 0 Å². The van der Waals surface area contributed by atoms with Gasteiger partial charge in [-0.25, -0.2) is 8.42 Å². The van der Waals surface area contributed by atoms with E-state index in [0.29, 0.717) is 27.1 Å². The first-order valence-corrected chi connectivity index (χ1v) is 16.5. The van der Waals surface area contributed by atoms with Crippen molar-refractivity contribution in [3.05, 3.63) is 93.4 Å². The normalized spacial score (nSPS) is 14.7. The van der Waals surface area contributed by atoms with E-state index in [-0.39, 0.29) is 29.1 Å². The second kappa shape index (κ2) is 14.6. The molecular weight excluding hydrogens is 617 g/mol. The van der Waals surface area contributed by atoms with Gasteiger partial charge in [-0.15, -0.1) is 0 Å². The molecule has 1 saturated carbocycles. The minimum absolute atomic E-state index is 0.0332. The molecule has 1 aliphatic carbocycles. The minimum atomic E-state index is -4.15. The van der Waals surface area contributed by atoms with Crippen molar-refractivity contribution in [2.75, 3.05) is 10.8 Å². The van der Waals surface area contributed by atoms with Crippen LogP contribution in [0.1, 0.15) is 51.0 Å². The first-order chi connectivity index (χ1) is 20.1. The number of anilines is 1. The van der Waals surface area contributed by atoms with Crippen molar-refractivity contribution in [2.45, 2.75) is 69.0 Å². The predicted molar refractivity (Wildman–Crippen MR) is 169 cm³/mol. The van der Waals surface area contributed by atoms with E-state index in [1.54, 1.807) is 60.7 Å². The molecule has 4 rings (SSSR count). The van der Waals surface area contributed by atoms with Crippen LogP contribution < -0.4 is 9.62 Å². The molecule has 11 heteroatoms. The van der Waals surface area contributed by atoms with E-state index in [9.17, 15) is 18.0 Å². The summed E-state index contributed by atoms with van der Waals surface area (Å²) in [5.41, 5.74) is 0.927. The summed E-state index contributed by atoms with van der Waals surface area (Å²) >= 11 is 18.5. The van der Waals surface area contributed by atoms with Gasteiger partial charge in [-0.05, 0) is 73.4 Å². The summed E-state index contributed by atoms with van der Waals surface area (Å²) in [5, 5.41) is 4.24. The van der Waals surface area contributed by atoms with Crippen LogP contribution in [0.5, 0.6) is 0 Å². The summed E-state index contributed by atoms with van der Waals surface area (Å²) in [6, 6.07) is 18.4. The number of carbonyl (C=O) groups is 2. The van der Waals surface area contributed by atoms with Gasteiger partial charge >= 0.3 is 0 Å². The predicted octanol–water partition coefficient (Wildman–Crippen LogP) is 7.10. The molecule has 1 unspecified atom stereocenters. The van der Waals surface area contributed by atoms with E-state index in [0.717, 1.165) is 36.4 Å². The van der Waals surface area contributed by atoms with Crippen molar-refractivity contribution >= 4 is 62.3 Å². The lowest BCUT2D eigenvalue weighted by molar-refractivity contribution is -0.140. The monoisotopic (exact) mass is 649 g/mol. The van der Waals surface area contributed by atoms with E-state index < -0.39 is 28.5 Å². The van der Waals surface area contributed by atoms with Gasteiger partial charge in [0.05, 0.1) is 20.6 Å². The SMILES string of the molecule is CCC(C(=O)NC1CCCCC1)N(Cc1ccc(Cl)c(Cl)c1)C(=O)CN(c1ccc(Cl)cc1)S(=O)(=O)c1ccccc1. The number of nitrogens with zero attached hydrogens (tertiary/aromatic N) is 2. The Morgan fingerprint density at radius 3 is 2.19 bits per heavy atom. The van der Waals surface area contributed by atoms with Crippen LogP contribution in [0.2, 0.25) is 15.1 Å². The zero-order chi connectivity index (χ0) is 30.3. The zero-order valence-corrected chi connectivity index (χ0v) is 26.4. The van der Waals surface area contributed by atoms with Crippen molar-refractivity contribution in [3.8, 4) is 0 Å². The summed E-state index contributed by atoms with van der Waals surface area (Å²) in [6.45, 7) is 1.33. The van der Waals surface area contributed by atoms with Gasteiger partial charge < -0.3 is 10.2 Å². The number of hydrogen-bond acceptors (Lipinski definition) is 4. The molecular formula is C31H34Cl3N3O4S. The number of nitrogens with one attached hydrogen (secondary N) is 1. The molecule has 0 bridgehead atoms. The fourth-order valence-electron chi connectivity index (χ4n) is 5.15. The third-order valence-electron chi connectivity index (χ3n) is 7.40. The third kappa shape index (κ3) is 7.98. The summed E-state index contributed by atoms with van der Waals surface area (Å²) in [7, 11) is -4.15. The van der Waals surface area contributed by atoms with Gasteiger partial charge in [0, 0.05) is 17.6 Å². The molecule has 0 radical (unpaired) electrons. The largest absolute Gasteiger partial charge is 0.352 e. The molecule has 0 spiro atoms. The highest BCUT2D eigenvalue weighted by Gasteiger charge is 2.34. The Hall–Kier alpha value is -2.78. The maximum atomic E-state index is 14.2. The Kier molecular flexibility index (Phi) is 11.2. The van der Waals surface area contributed by atoms with Crippen LogP contribution in [0, 0.1) is 0 Å². The van der Waals surface area contributed by atoms with E-state index in [2.05, 4.69) is 5.32 Å². The summed E-state index contributed by atoms with van der Waals surface area (Å²) in [5.74, 6) is -0.803. The molecule has 1 atom stereocenters. The number of hydrogen-bond donors (Lipinski definition) is 1. The smallest absolute Gasteiger partial charge is 0.264 e. The molecule has 42 heavy (non-hydrogen) atoms. The summed E-state index contributed by atoms with van der Waals surface area (Å²) in [4.78, 5) is 29.3. The summed E-state index contributed by atoms with van der Waals surface area (Å²) in [6.07, 6.45) is 5.34. The van der Waals surface area contributed by atoms with E-state index in [1.165, 1.54) is 17.0 Å². The number of rotatable bonds is 11. The molecule has 0 heterocycles. The Morgan fingerprint density at radius 2 is 1.57 bits per heavy atom. The number of halogens is 3. The fourth-order valence-corrected chi connectivity index (χ4v) is 7.04. The van der Waals surface area contributed by atoms with Gasteiger partial charge in [-0.2, -0.15) is 0 Å². The maximum absolute atomic E-state index is 14.2. The number of carbonyl (C=O) groups excluding carboxylic acids is 2. The average molecular weight is 651 g/mol. The first kappa shape index (κ1) is 32.1. The van der Waals surface area contributed by atoms with E-state index in [4.69, 9.17) is 34.8 Å². The Labute approximate surface area is 262 Å². The van der Waals surface area contributed by atoms with Crippen molar-refractivity contribution in [3.63, 3.8) is 0 Å². The van der Waals surface area contributed by atoms with Crippen LogP contribution >= 0.6 is 34.8 Å². The minimum Gasteiger partial charge on any atom is -0.352 e. The quantitative estimate of drug-likeness (QED) is 0.240. The molecule has 0 aromatic heterocycles. The second-order valence-electron chi connectivity index (χ2n) is 10.3. The lowest BCUT2D eigenvalue weighted by Gasteiger charge is -2.34. The van der Waals surface area contributed by atoms with Gasteiger partial charge in [0.25, 0.3) is 10.0 Å². The molecule has 1 fully saturated rings. The number of amides is 2. The maximum Gasteiger partial charge on any atom is 0.264 e. The Balaban J connectivity index is 1.70. The van der Waals surface area contributed by atoms with Gasteiger partial charge in [0.1, 0.15) is 12.6 Å². The van der Waals surface area contributed by atoms with Gasteiger partial charge in [-0.3, -0.25) is 13.9 Å². The van der Waals surface area contributed by atoms with Crippen molar-refractivity contribution in [1.82, 2.24) is 10.2 Å². The van der Waals surface area contributed by atoms with Crippen LogP contribution in [0.3, 0.4) is 0 Å². The molecule has 1 N–H and O–H groups in total. The molecule has 0 aliphatic heterocycles. The zero-order valence-electron chi connectivity index (χ0n) is 23.3. The van der Waals surface area contributed by atoms with E-state index in [1.807, 2.05) is 6.92 Å². The van der Waals surface area contributed by atoms with Gasteiger partial charge in [0.2, 0.25) is 11.8 Å². The molecule has 224 valence electrons. The van der Waals surface area contributed by atoms with Crippen LogP contribution in [-0.2, 0) is 26.2 Å². The average Bonchev–Trinajstić information content (AvgIpc) is 2.99. The van der Waals surface area contributed by atoms with Crippen molar-refractivity contribution < 1.29 is 18.0 Å². The molecule has 3 aromatic rings. The lowest BCUT2D eigenvalue weighted by atomic mass is 9.95. The highest BCUT2D eigenvalue weighted by atomic mass is 35.5. The summed E-state index contributed by atoms with van der Waals surface area (Å²) < 4.78 is 28.8. The third-order valence-corrected chi connectivity index (χ3v) is 10.2. The molecule has 1 aliphatic rings. The van der Waals surface area contributed by atoms with Crippen LogP contribution in [-0.4, -0.2) is 43.8 Å². The van der Waals surface area contributed by atoms with Gasteiger partial charge in [0.15, 0.2) is 0 Å². The van der Waals surface area contributed by atoms with Gasteiger partial charge in [-0.1, -0.05) is 85.3 Å². The fraction of sp³-hybridized carbons (Fsp3) is 0.355. The van der Waals surface area contributed by atoms with Crippen molar-refractivity contribution in [1.29, 1.82) is 0 Å². The highest BCUT2D eigenvalue weighted by Crippen LogP contribution is 2.28. The highest BCUT2D eigenvalue weighted by molar-refractivity contribution is 7.92. The molecule has 2 amide bonds.